The Morgan fingerprint density at radius 2 is 1.77 bits per heavy atom. The molecule has 0 radical (unpaired) electrons. The summed E-state index contributed by atoms with van der Waals surface area (Å²) in [5.41, 5.74) is 1.97. The fourth-order valence-corrected chi connectivity index (χ4v) is 2.30. The van der Waals surface area contributed by atoms with Gasteiger partial charge in [0.25, 0.3) is 0 Å². The van der Waals surface area contributed by atoms with Crippen LogP contribution in [0.3, 0.4) is 0 Å². The average molecular weight is 299 g/mol. The highest BCUT2D eigenvalue weighted by molar-refractivity contribution is 5.78. The summed E-state index contributed by atoms with van der Waals surface area (Å²) in [4.78, 5) is 11.9. The van der Waals surface area contributed by atoms with Gasteiger partial charge in [-0.1, -0.05) is 18.2 Å². The summed E-state index contributed by atoms with van der Waals surface area (Å²) in [5.74, 6) is 1.69. The second-order valence-corrected chi connectivity index (χ2v) is 5.13. The van der Waals surface area contributed by atoms with Crippen LogP contribution in [0.4, 0.5) is 0 Å². The van der Waals surface area contributed by atoms with Gasteiger partial charge in [-0.2, -0.15) is 0 Å². The van der Waals surface area contributed by atoms with E-state index in [-0.39, 0.29) is 18.4 Å². The van der Waals surface area contributed by atoms with Crippen LogP contribution in [0, 0.1) is 0 Å². The van der Waals surface area contributed by atoms with Crippen molar-refractivity contribution in [1.82, 2.24) is 5.32 Å². The molecule has 2 aromatic rings. The molecule has 1 aliphatic heterocycles. The zero-order chi connectivity index (χ0) is 15.4. The van der Waals surface area contributed by atoms with Crippen molar-refractivity contribution in [2.24, 2.45) is 0 Å². The van der Waals surface area contributed by atoms with Crippen molar-refractivity contribution in [3.8, 4) is 17.2 Å². The predicted octanol–water partition coefficient (Wildman–Crippen LogP) is 2.02. The number of hydrogen-bond donors (Lipinski definition) is 2. The highest BCUT2D eigenvalue weighted by atomic mass is 16.7. The van der Waals surface area contributed by atoms with Crippen molar-refractivity contribution >= 4 is 5.91 Å². The van der Waals surface area contributed by atoms with Crippen LogP contribution < -0.4 is 14.8 Å². The quantitative estimate of drug-likeness (QED) is 0.886. The molecule has 0 saturated carbocycles. The van der Waals surface area contributed by atoms with Crippen molar-refractivity contribution in [3.63, 3.8) is 0 Å². The molecule has 1 heterocycles. The molecule has 0 fully saturated rings. The second-order valence-electron chi connectivity index (χ2n) is 5.13. The van der Waals surface area contributed by atoms with Gasteiger partial charge in [0.15, 0.2) is 11.5 Å². The maximum atomic E-state index is 11.9. The predicted molar refractivity (Wildman–Crippen MR) is 81.1 cm³/mol. The number of hydrogen-bond acceptors (Lipinski definition) is 4. The zero-order valence-electron chi connectivity index (χ0n) is 12.0. The second kappa shape index (κ2) is 6.39. The van der Waals surface area contributed by atoms with E-state index < -0.39 is 0 Å². The van der Waals surface area contributed by atoms with Crippen LogP contribution >= 0.6 is 0 Å². The van der Waals surface area contributed by atoms with Crippen LogP contribution in [0.15, 0.2) is 42.5 Å². The number of fused-ring (bicyclic) bond motifs is 1. The molecule has 0 aromatic heterocycles. The molecule has 114 valence electrons. The van der Waals surface area contributed by atoms with Gasteiger partial charge in [0.2, 0.25) is 12.7 Å². The van der Waals surface area contributed by atoms with E-state index in [2.05, 4.69) is 5.32 Å². The summed E-state index contributed by atoms with van der Waals surface area (Å²) in [6, 6.07) is 12.4. The number of phenols is 1. The van der Waals surface area contributed by atoms with E-state index in [1.807, 2.05) is 18.2 Å². The van der Waals surface area contributed by atoms with E-state index in [9.17, 15) is 9.90 Å². The Morgan fingerprint density at radius 1 is 1.05 bits per heavy atom. The molecule has 0 spiro atoms. The molecule has 22 heavy (non-hydrogen) atoms. The normalized spacial score (nSPS) is 12.2. The molecule has 0 atom stereocenters. The van der Waals surface area contributed by atoms with Gasteiger partial charge in [-0.25, -0.2) is 0 Å². The van der Waals surface area contributed by atoms with Crippen molar-refractivity contribution in [2.75, 3.05) is 13.3 Å². The molecular weight excluding hydrogens is 282 g/mol. The minimum Gasteiger partial charge on any atom is -0.508 e. The Labute approximate surface area is 128 Å². The topological polar surface area (TPSA) is 67.8 Å². The molecule has 2 N–H and O–H groups in total. The first-order valence-corrected chi connectivity index (χ1v) is 7.14. The zero-order valence-corrected chi connectivity index (χ0v) is 12.0. The van der Waals surface area contributed by atoms with Gasteiger partial charge < -0.3 is 19.9 Å². The van der Waals surface area contributed by atoms with Crippen LogP contribution in [0.5, 0.6) is 17.2 Å². The maximum absolute atomic E-state index is 11.9. The Hall–Kier alpha value is -2.69. The number of carbonyl (C=O) groups is 1. The Morgan fingerprint density at radius 3 is 2.59 bits per heavy atom. The number of aromatic hydroxyl groups is 1. The molecule has 0 unspecified atom stereocenters. The fraction of sp³-hybridized carbons (Fsp3) is 0.235. The van der Waals surface area contributed by atoms with Gasteiger partial charge >= 0.3 is 0 Å². The SMILES string of the molecule is O=C(Cc1ccc(O)cc1)NCCc1ccc2c(c1)OCO2. The first kappa shape index (κ1) is 14.3. The molecule has 2 aromatic carbocycles. The molecule has 0 aliphatic carbocycles. The van der Waals surface area contributed by atoms with Crippen molar-refractivity contribution in [3.05, 3.63) is 53.6 Å². The van der Waals surface area contributed by atoms with Gasteiger partial charge in [0, 0.05) is 6.54 Å². The summed E-state index contributed by atoms with van der Waals surface area (Å²) >= 11 is 0. The number of phenolic OH excluding ortho intramolecular Hbond substituents is 1. The summed E-state index contributed by atoms with van der Waals surface area (Å²) in [5, 5.41) is 12.1. The smallest absolute Gasteiger partial charge is 0.231 e. The van der Waals surface area contributed by atoms with E-state index in [1.54, 1.807) is 24.3 Å². The Bertz CT molecular complexity index is 667. The van der Waals surface area contributed by atoms with E-state index >= 15 is 0 Å². The van der Waals surface area contributed by atoms with E-state index in [0.29, 0.717) is 13.0 Å². The van der Waals surface area contributed by atoms with Gasteiger partial charge in [-0.3, -0.25) is 4.79 Å². The monoisotopic (exact) mass is 299 g/mol. The molecule has 1 amide bonds. The molecule has 0 bridgehead atoms. The first-order valence-electron chi connectivity index (χ1n) is 7.14. The standard InChI is InChI=1S/C17H17NO4/c19-14-4-1-12(2-5-14)10-17(20)18-8-7-13-3-6-15-16(9-13)22-11-21-15/h1-6,9,19H,7-8,10-11H2,(H,18,20). The molecule has 1 aliphatic rings. The number of rotatable bonds is 5. The van der Waals surface area contributed by atoms with E-state index in [0.717, 1.165) is 29.0 Å². The third-order valence-corrected chi connectivity index (χ3v) is 3.47. The van der Waals surface area contributed by atoms with Gasteiger partial charge in [0.05, 0.1) is 6.42 Å². The van der Waals surface area contributed by atoms with Crippen LogP contribution in [0.25, 0.3) is 0 Å². The lowest BCUT2D eigenvalue weighted by molar-refractivity contribution is -0.120. The Balaban J connectivity index is 1.46. The number of carbonyl (C=O) groups excluding carboxylic acids is 1. The van der Waals surface area contributed by atoms with Crippen LogP contribution in [-0.4, -0.2) is 24.4 Å². The number of ether oxygens (including phenoxy) is 2. The van der Waals surface area contributed by atoms with Crippen molar-refractivity contribution in [1.29, 1.82) is 0 Å². The highest BCUT2D eigenvalue weighted by Gasteiger charge is 2.13. The molecule has 0 saturated heterocycles. The summed E-state index contributed by atoms with van der Waals surface area (Å²) in [7, 11) is 0. The highest BCUT2D eigenvalue weighted by Crippen LogP contribution is 2.32. The third kappa shape index (κ3) is 3.49. The van der Waals surface area contributed by atoms with E-state index in [1.165, 1.54) is 0 Å². The lowest BCUT2D eigenvalue weighted by atomic mass is 10.1. The van der Waals surface area contributed by atoms with E-state index in [4.69, 9.17) is 9.47 Å². The molecule has 5 heteroatoms. The fourth-order valence-electron chi connectivity index (χ4n) is 2.30. The average Bonchev–Trinajstić information content (AvgIpc) is 2.97. The molecular formula is C17H17NO4. The van der Waals surface area contributed by atoms with Crippen molar-refractivity contribution < 1.29 is 19.4 Å². The number of amides is 1. The van der Waals surface area contributed by atoms with Crippen LogP contribution in [0.1, 0.15) is 11.1 Å². The molecule has 3 rings (SSSR count). The molecule has 5 nitrogen and oxygen atoms in total. The van der Waals surface area contributed by atoms with Gasteiger partial charge in [0.1, 0.15) is 5.75 Å². The summed E-state index contributed by atoms with van der Waals surface area (Å²) < 4.78 is 10.6. The van der Waals surface area contributed by atoms with Crippen LogP contribution in [-0.2, 0) is 17.6 Å². The van der Waals surface area contributed by atoms with Crippen LogP contribution in [0.2, 0.25) is 0 Å². The third-order valence-electron chi connectivity index (χ3n) is 3.47. The lowest BCUT2D eigenvalue weighted by Gasteiger charge is -2.06. The van der Waals surface area contributed by atoms with Crippen molar-refractivity contribution in [2.45, 2.75) is 12.8 Å². The maximum Gasteiger partial charge on any atom is 0.231 e. The Kier molecular flexibility index (Phi) is 4.14. The minimum atomic E-state index is -0.0357. The largest absolute Gasteiger partial charge is 0.508 e. The lowest BCUT2D eigenvalue weighted by Crippen LogP contribution is -2.27. The minimum absolute atomic E-state index is 0.0357. The summed E-state index contributed by atoms with van der Waals surface area (Å²) in [6.07, 6.45) is 1.04. The van der Waals surface area contributed by atoms with Gasteiger partial charge in [-0.15, -0.1) is 0 Å². The number of benzene rings is 2. The first-order chi connectivity index (χ1) is 10.7. The van der Waals surface area contributed by atoms with Gasteiger partial charge in [-0.05, 0) is 41.8 Å². The number of nitrogens with one attached hydrogen (secondary N) is 1. The summed E-state index contributed by atoms with van der Waals surface area (Å²) in [6.45, 7) is 0.832.